The van der Waals surface area contributed by atoms with E-state index in [0.29, 0.717) is 28.0 Å². The zero-order valence-corrected chi connectivity index (χ0v) is 17.9. The monoisotopic (exact) mass is 458 g/mol. The summed E-state index contributed by atoms with van der Waals surface area (Å²) in [5.41, 5.74) is 3.39. The van der Waals surface area contributed by atoms with Gasteiger partial charge in [0.1, 0.15) is 11.6 Å². The van der Waals surface area contributed by atoms with Gasteiger partial charge in [0.15, 0.2) is 11.6 Å². The molecule has 0 aliphatic rings. The Labute approximate surface area is 192 Å². The summed E-state index contributed by atoms with van der Waals surface area (Å²) in [5.74, 6) is -2.46. The van der Waals surface area contributed by atoms with E-state index in [1.807, 2.05) is 6.07 Å². The molecule has 1 N–H and O–H groups in total. The van der Waals surface area contributed by atoms with Gasteiger partial charge < -0.3 is 5.32 Å². The van der Waals surface area contributed by atoms with E-state index in [-0.39, 0.29) is 17.3 Å². The minimum Gasteiger partial charge on any atom is -0.322 e. The molecule has 0 fully saturated rings. The van der Waals surface area contributed by atoms with Crippen molar-refractivity contribution in [3.8, 4) is 22.6 Å². The number of rotatable bonds is 4. The Morgan fingerprint density at radius 1 is 0.971 bits per heavy atom. The van der Waals surface area contributed by atoms with Crippen molar-refractivity contribution in [2.75, 3.05) is 5.32 Å². The highest BCUT2D eigenvalue weighted by molar-refractivity contribution is 6.06. The number of hydrogen-bond donors (Lipinski definition) is 1. The van der Waals surface area contributed by atoms with E-state index in [9.17, 15) is 18.0 Å². The van der Waals surface area contributed by atoms with Crippen LogP contribution in [0.25, 0.3) is 28.2 Å². The lowest BCUT2D eigenvalue weighted by Crippen LogP contribution is -2.13. The van der Waals surface area contributed by atoms with Crippen molar-refractivity contribution in [1.82, 2.24) is 14.4 Å². The van der Waals surface area contributed by atoms with Crippen molar-refractivity contribution in [2.45, 2.75) is 6.92 Å². The van der Waals surface area contributed by atoms with Crippen LogP contribution < -0.4 is 5.32 Å². The molecule has 0 radical (unpaired) electrons. The molecule has 0 spiro atoms. The Kier molecular flexibility index (Phi) is 5.33. The van der Waals surface area contributed by atoms with Crippen molar-refractivity contribution in [3.05, 3.63) is 108 Å². The third-order valence-electron chi connectivity index (χ3n) is 5.51. The summed E-state index contributed by atoms with van der Waals surface area (Å²) in [5, 5.41) is 2.76. The van der Waals surface area contributed by atoms with Gasteiger partial charge in [-0.3, -0.25) is 14.2 Å². The second-order valence-electron chi connectivity index (χ2n) is 7.70. The number of hydrogen-bond acceptors (Lipinski definition) is 3. The molecule has 0 unspecified atom stereocenters. The fourth-order valence-electron chi connectivity index (χ4n) is 3.77. The van der Waals surface area contributed by atoms with Crippen LogP contribution >= 0.6 is 0 Å². The van der Waals surface area contributed by atoms with Gasteiger partial charge in [-0.25, -0.2) is 18.2 Å². The van der Waals surface area contributed by atoms with Gasteiger partial charge in [0, 0.05) is 29.2 Å². The third kappa shape index (κ3) is 3.79. The van der Waals surface area contributed by atoms with Gasteiger partial charge in [-0.15, -0.1) is 0 Å². The maximum absolute atomic E-state index is 14.4. The number of fused-ring (bicyclic) bond motifs is 1. The molecule has 0 bridgehead atoms. The van der Waals surface area contributed by atoms with Crippen molar-refractivity contribution in [3.63, 3.8) is 0 Å². The lowest BCUT2D eigenvalue weighted by Gasteiger charge is -2.11. The molecule has 8 heteroatoms. The summed E-state index contributed by atoms with van der Waals surface area (Å²) in [6.45, 7) is 1.81. The molecule has 0 aliphatic carbocycles. The molecule has 1 amide bonds. The molecule has 5 rings (SSSR count). The number of amides is 1. The number of halogens is 3. The number of anilines is 1. The minimum atomic E-state index is -0.983. The quantitative estimate of drug-likeness (QED) is 0.357. The summed E-state index contributed by atoms with van der Waals surface area (Å²) >= 11 is 0. The van der Waals surface area contributed by atoms with Crippen LogP contribution in [0.5, 0.6) is 0 Å². The van der Waals surface area contributed by atoms with Gasteiger partial charge in [0.2, 0.25) is 0 Å². The summed E-state index contributed by atoms with van der Waals surface area (Å²) < 4.78 is 43.0. The SMILES string of the molecule is Cc1ccc(-c2nccn3c(-c4cccc(F)c4F)ncc23)cc1C(=O)Nc1ccc(F)cc1. The van der Waals surface area contributed by atoms with E-state index < -0.39 is 17.5 Å². The standard InChI is InChI=1S/C26H17F3N4O/c1-15-5-6-16(13-20(15)26(34)32-18-9-7-17(27)8-10-18)24-22-14-31-25(33(22)12-11-30-24)19-3-2-4-21(28)23(19)29/h2-14H,1H3,(H,32,34). The predicted molar refractivity (Wildman–Crippen MR) is 123 cm³/mol. The zero-order valence-electron chi connectivity index (χ0n) is 17.9. The van der Waals surface area contributed by atoms with Crippen LogP contribution in [-0.4, -0.2) is 20.3 Å². The van der Waals surface area contributed by atoms with Crippen LogP contribution in [-0.2, 0) is 0 Å². The highest BCUT2D eigenvalue weighted by Crippen LogP contribution is 2.30. The Balaban J connectivity index is 1.55. The molecule has 168 valence electrons. The van der Waals surface area contributed by atoms with Crippen LogP contribution in [0.4, 0.5) is 18.9 Å². The normalized spacial score (nSPS) is 11.1. The van der Waals surface area contributed by atoms with Crippen LogP contribution in [0.1, 0.15) is 15.9 Å². The highest BCUT2D eigenvalue weighted by atomic mass is 19.2. The number of aryl methyl sites for hydroxylation is 1. The first-order chi connectivity index (χ1) is 16.4. The lowest BCUT2D eigenvalue weighted by atomic mass is 10.0. The molecule has 34 heavy (non-hydrogen) atoms. The topological polar surface area (TPSA) is 59.3 Å². The highest BCUT2D eigenvalue weighted by Gasteiger charge is 2.18. The average Bonchev–Trinajstić information content (AvgIpc) is 3.27. The number of aromatic nitrogens is 3. The number of carbonyl (C=O) groups excluding carboxylic acids is 1. The molecule has 5 nitrogen and oxygen atoms in total. The summed E-state index contributed by atoms with van der Waals surface area (Å²) in [6, 6.07) is 14.7. The van der Waals surface area contributed by atoms with Crippen molar-refractivity contribution >= 4 is 17.1 Å². The number of carbonyl (C=O) groups is 1. The Bertz CT molecular complexity index is 1540. The van der Waals surface area contributed by atoms with Gasteiger partial charge in [0.25, 0.3) is 5.91 Å². The molecule has 3 aromatic carbocycles. The van der Waals surface area contributed by atoms with Crippen molar-refractivity contribution < 1.29 is 18.0 Å². The summed E-state index contributed by atoms with van der Waals surface area (Å²) in [6.07, 6.45) is 4.67. The number of nitrogens with zero attached hydrogens (tertiary/aromatic N) is 3. The average molecular weight is 458 g/mol. The maximum Gasteiger partial charge on any atom is 0.255 e. The predicted octanol–water partition coefficient (Wildman–Crippen LogP) is 6.04. The van der Waals surface area contributed by atoms with Gasteiger partial charge in [0.05, 0.1) is 23.0 Å². The first kappa shape index (κ1) is 21.4. The third-order valence-corrected chi connectivity index (χ3v) is 5.51. The van der Waals surface area contributed by atoms with Crippen LogP contribution in [0, 0.1) is 24.4 Å². The number of imidazole rings is 1. The number of benzene rings is 3. The smallest absolute Gasteiger partial charge is 0.255 e. The van der Waals surface area contributed by atoms with Gasteiger partial charge in [-0.1, -0.05) is 18.2 Å². The first-order valence-electron chi connectivity index (χ1n) is 10.4. The second kappa shape index (κ2) is 8.47. The van der Waals surface area contributed by atoms with E-state index >= 15 is 0 Å². The van der Waals surface area contributed by atoms with E-state index in [2.05, 4.69) is 15.3 Å². The Morgan fingerprint density at radius 3 is 2.56 bits per heavy atom. The van der Waals surface area contributed by atoms with Crippen molar-refractivity contribution in [2.24, 2.45) is 0 Å². The first-order valence-corrected chi connectivity index (χ1v) is 10.4. The Morgan fingerprint density at radius 2 is 1.76 bits per heavy atom. The minimum absolute atomic E-state index is 0.0282. The molecule has 0 aliphatic heterocycles. The van der Waals surface area contributed by atoms with Crippen LogP contribution in [0.2, 0.25) is 0 Å². The number of nitrogens with one attached hydrogen (secondary N) is 1. The van der Waals surface area contributed by atoms with Crippen LogP contribution in [0.3, 0.4) is 0 Å². The zero-order chi connectivity index (χ0) is 23.8. The molecular weight excluding hydrogens is 441 g/mol. The molecular formula is C26H17F3N4O. The largest absolute Gasteiger partial charge is 0.322 e. The van der Waals surface area contributed by atoms with E-state index in [1.54, 1.807) is 29.7 Å². The van der Waals surface area contributed by atoms with E-state index in [0.717, 1.165) is 11.6 Å². The Hall–Kier alpha value is -4.46. The van der Waals surface area contributed by atoms with Crippen molar-refractivity contribution in [1.29, 1.82) is 0 Å². The molecule has 5 aromatic rings. The fourth-order valence-corrected chi connectivity index (χ4v) is 3.77. The molecule has 0 saturated heterocycles. The van der Waals surface area contributed by atoms with Gasteiger partial charge in [-0.2, -0.15) is 0 Å². The molecule has 2 heterocycles. The summed E-state index contributed by atoms with van der Waals surface area (Å²) in [4.78, 5) is 21.6. The van der Waals surface area contributed by atoms with Gasteiger partial charge >= 0.3 is 0 Å². The van der Waals surface area contributed by atoms with Crippen LogP contribution in [0.15, 0.2) is 79.3 Å². The fraction of sp³-hybridized carbons (Fsp3) is 0.0385. The molecule has 0 atom stereocenters. The van der Waals surface area contributed by atoms with E-state index in [4.69, 9.17) is 0 Å². The molecule has 0 saturated carbocycles. The van der Waals surface area contributed by atoms with E-state index in [1.165, 1.54) is 48.8 Å². The maximum atomic E-state index is 14.4. The lowest BCUT2D eigenvalue weighted by molar-refractivity contribution is 0.102. The van der Waals surface area contributed by atoms with Gasteiger partial charge in [-0.05, 0) is 55.0 Å². The summed E-state index contributed by atoms with van der Waals surface area (Å²) in [7, 11) is 0. The molecule has 2 aromatic heterocycles. The second-order valence-corrected chi connectivity index (χ2v) is 7.70.